The average Bonchev–Trinajstić information content (AvgIpc) is 3.08. The first-order chi connectivity index (χ1) is 12.1. The molecule has 0 aliphatic rings. The van der Waals surface area contributed by atoms with Crippen LogP contribution in [0.15, 0.2) is 47.7 Å². The third kappa shape index (κ3) is 3.60. The summed E-state index contributed by atoms with van der Waals surface area (Å²) in [5.41, 5.74) is 0.522. The number of nitrogens with zero attached hydrogens (tertiary/aromatic N) is 4. The topological polar surface area (TPSA) is 81.8 Å². The number of fused-ring (bicyclic) bond motifs is 1. The van der Waals surface area contributed by atoms with Crippen molar-refractivity contribution in [3.05, 3.63) is 53.2 Å². The summed E-state index contributed by atoms with van der Waals surface area (Å²) in [7, 11) is 0. The Hall–Kier alpha value is -2.96. The van der Waals surface area contributed by atoms with Crippen molar-refractivity contribution < 1.29 is 4.79 Å². The maximum absolute atomic E-state index is 12.4. The number of anilines is 1. The molecule has 0 aliphatic carbocycles. The van der Waals surface area contributed by atoms with Crippen molar-refractivity contribution in [1.82, 2.24) is 19.3 Å². The number of hydrogen-bond acceptors (Lipinski definition) is 4. The minimum atomic E-state index is -0.162. The molecular weight excluding hydrogens is 318 g/mol. The second-order valence-electron chi connectivity index (χ2n) is 5.98. The Morgan fingerprint density at radius 3 is 2.88 bits per heavy atom. The van der Waals surface area contributed by atoms with Crippen LogP contribution >= 0.6 is 0 Å². The molecule has 2 heterocycles. The predicted molar refractivity (Wildman–Crippen MR) is 96.5 cm³/mol. The average molecular weight is 339 g/mol. The Labute approximate surface area is 145 Å². The molecule has 0 saturated carbocycles. The summed E-state index contributed by atoms with van der Waals surface area (Å²) in [6.45, 7) is 4.39. The minimum absolute atomic E-state index is 0.136. The molecule has 1 amide bonds. The van der Waals surface area contributed by atoms with Crippen molar-refractivity contribution in [3.8, 4) is 0 Å². The van der Waals surface area contributed by atoms with Gasteiger partial charge in [0, 0.05) is 19.0 Å². The van der Waals surface area contributed by atoms with Crippen LogP contribution in [0.25, 0.3) is 10.9 Å². The van der Waals surface area contributed by atoms with Crippen molar-refractivity contribution >= 4 is 22.6 Å². The number of rotatable bonds is 6. The van der Waals surface area contributed by atoms with Gasteiger partial charge in [-0.05, 0) is 25.5 Å². The lowest BCUT2D eigenvalue weighted by molar-refractivity contribution is -0.116. The molecular formula is C18H21N5O2. The number of para-hydroxylation sites is 1. The standard InChI is InChI=1S/C18H21N5O2/c1-3-13(2)23-16(8-10-20-23)21-17(24)9-11-22-12-19-15-7-5-4-6-14(15)18(22)25/h4-8,10,12-13H,3,9,11H2,1-2H3,(H,21,24). The highest BCUT2D eigenvalue weighted by molar-refractivity contribution is 5.89. The van der Waals surface area contributed by atoms with Crippen molar-refractivity contribution in [3.63, 3.8) is 0 Å². The van der Waals surface area contributed by atoms with E-state index in [1.165, 1.54) is 10.9 Å². The molecule has 3 aromatic rings. The summed E-state index contributed by atoms with van der Waals surface area (Å²) < 4.78 is 3.26. The maximum atomic E-state index is 12.4. The van der Waals surface area contributed by atoms with Gasteiger partial charge in [-0.25, -0.2) is 9.67 Å². The third-order valence-electron chi connectivity index (χ3n) is 4.26. The van der Waals surface area contributed by atoms with Crippen LogP contribution in [0.5, 0.6) is 0 Å². The lowest BCUT2D eigenvalue weighted by Crippen LogP contribution is -2.24. The first-order valence-corrected chi connectivity index (χ1v) is 8.37. The van der Waals surface area contributed by atoms with Gasteiger partial charge in [-0.1, -0.05) is 19.1 Å². The van der Waals surface area contributed by atoms with Crippen LogP contribution in [0.4, 0.5) is 5.82 Å². The first kappa shape index (κ1) is 16.9. The molecule has 0 spiro atoms. The van der Waals surface area contributed by atoms with E-state index >= 15 is 0 Å². The van der Waals surface area contributed by atoms with E-state index in [-0.39, 0.29) is 30.5 Å². The Bertz CT molecular complexity index is 944. The fraction of sp³-hybridized carbons (Fsp3) is 0.333. The molecule has 130 valence electrons. The molecule has 0 fully saturated rings. The maximum Gasteiger partial charge on any atom is 0.261 e. The van der Waals surface area contributed by atoms with Crippen LogP contribution in [0.3, 0.4) is 0 Å². The molecule has 0 radical (unpaired) electrons. The lowest BCUT2D eigenvalue weighted by Gasteiger charge is -2.14. The van der Waals surface area contributed by atoms with Gasteiger partial charge in [0.25, 0.3) is 5.56 Å². The van der Waals surface area contributed by atoms with E-state index in [2.05, 4.69) is 22.3 Å². The Morgan fingerprint density at radius 1 is 1.28 bits per heavy atom. The fourth-order valence-corrected chi connectivity index (χ4v) is 2.63. The van der Waals surface area contributed by atoms with E-state index in [9.17, 15) is 9.59 Å². The number of aromatic nitrogens is 4. The van der Waals surface area contributed by atoms with Crippen LogP contribution < -0.4 is 10.9 Å². The Balaban J connectivity index is 1.68. The van der Waals surface area contributed by atoms with Crippen molar-refractivity contribution in [2.75, 3.05) is 5.32 Å². The summed E-state index contributed by atoms with van der Waals surface area (Å²) in [6, 6.07) is 9.16. The number of carbonyl (C=O) groups excluding carboxylic acids is 1. The first-order valence-electron chi connectivity index (χ1n) is 8.37. The zero-order valence-corrected chi connectivity index (χ0v) is 14.3. The predicted octanol–water partition coefficient (Wildman–Crippen LogP) is 2.59. The van der Waals surface area contributed by atoms with Gasteiger partial charge < -0.3 is 5.32 Å². The zero-order valence-electron chi connectivity index (χ0n) is 14.3. The van der Waals surface area contributed by atoms with Crippen molar-refractivity contribution in [2.24, 2.45) is 0 Å². The SMILES string of the molecule is CCC(C)n1nccc1NC(=O)CCn1cnc2ccccc2c1=O. The summed E-state index contributed by atoms with van der Waals surface area (Å²) in [4.78, 5) is 28.9. The van der Waals surface area contributed by atoms with Gasteiger partial charge in [0.2, 0.25) is 5.91 Å². The van der Waals surface area contributed by atoms with Crippen LogP contribution in [0.1, 0.15) is 32.7 Å². The van der Waals surface area contributed by atoms with E-state index < -0.39 is 0 Å². The summed E-state index contributed by atoms with van der Waals surface area (Å²) in [5.74, 6) is 0.508. The highest BCUT2D eigenvalue weighted by Crippen LogP contribution is 2.16. The molecule has 25 heavy (non-hydrogen) atoms. The molecule has 0 aliphatic heterocycles. The normalized spacial score (nSPS) is 12.2. The highest BCUT2D eigenvalue weighted by Gasteiger charge is 2.12. The summed E-state index contributed by atoms with van der Waals surface area (Å²) in [5, 5.41) is 7.66. The summed E-state index contributed by atoms with van der Waals surface area (Å²) >= 11 is 0. The smallest absolute Gasteiger partial charge is 0.261 e. The highest BCUT2D eigenvalue weighted by atomic mass is 16.2. The monoisotopic (exact) mass is 339 g/mol. The van der Waals surface area contributed by atoms with E-state index in [1.54, 1.807) is 35.1 Å². The van der Waals surface area contributed by atoms with Gasteiger partial charge in [0.05, 0.1) is 29.5 Å². The zero-order chi connectivity index (χ0) is 17.8. The molecule has 7 heteroatoms. The minimum Gasteiger partial charge on any atom is -0.311 e. The number of carbonyl (C=O) groups is 1. The van der Waals surface area contributed by atoms with E-state index in [4.69, 9.17) is 0 Å². The molecule has 0 saturated heterocycles. The van der Waals surface area contributed by atoms with Gasteiger partial charge in [-0.2, -0.15) is 5.10 Å². The lowest BCUT2D eigenvalue weighted by atomic mass is 10.2. The van der Waals surface area contributed by atoms with Gasteiger partial charge in [-0.3, -0.25) is 14.2 Å². The van der Waals surface area contributed by atoms with E-state index in [1.807, 2.05) is 13.0 Å². The van der Waals surface area contributed by atoms with Gasteiger partial charge in [-0.15, -0.1) is 0 Å². The second kappa shape index (κ2) is 7.29. The largest absolute Gasteiger partial charge is 0.311 e. The molecule has 1 N–H and O–H groups in total. The second-order valence-corrected chi connectivity index (χ2v) is 5.98. The van der Waals surface area contributed by atoms with Crippen molar-refractivity contribution in [2.45, 2.75) is 39.3 Å². The van der Waals surface area contributed by atoms with Gasteiger partial charge >= 0.3 is 0 Å². The molecule has 7 nitrogen and oxygen atoms in total. The number of nitrogens with one attached hydrogen (secondary N) is 1. The van der Waals surface area contributed by atoms with E-state index in [0.717, 1.165) is 6.42 Å². The molecule has 3 rings (SSSR count). The Morgan fingerprint density at radius 2 is 2.08 bits per heavy atom. The van der Waals surface area contributed by atoms with E-state index in [0.29, 0.717) is 16.7 Å². The summed E-state index contributed by atoms with van der Waals surface area (Å²) in [6.07, 6.45) is 4.26. The molecule has 0 bridgehead atoms. The molecule has 1 atom stereocenters. The van der Waals surface area contributed by atoms with Gasteiger partial charge in [0.1, 0.15) is 5.82 Å². The van der Waals surface area contributed by atoms with Crippen LogP contribution in [0.2, 0.25) is 0 Å². The molecule has 1 aromatic carbocycles. The number of amides is 1. The van der Waals surface area contributed by atoms with Crippen molar-refractivity contribution in [1.29, 1.82) is 0 Å². The quantitative estimate of drug-likeness (QED) is 0.748. The molecule has 1 unspecified atom stereocenters. The van der Waals surface area contributed by atoms with Gasteiger partial charge in [0.15, 0.2) is 0 Å². The molecule has 2 aromatic heterocycles. The van der Waals surface area contributed by atoms with Crippen LogP contribution in [0, 0.1) is 0 Å². The van der Waals surface area contributed by atoms with Crippen LogP contribution in [-0.4, -0.2) is 25.2 Å². The number of benzene rings is 1. The third-order valence-corrected chi connectivity index (χ3v) is 4.26. The fourth-order valence-electron chi connectivity index (χ4n) is 2.63. The number of hydrogen-bond donors (Lipinski definition) is 1. The Kier molecular flexibility index (Phi) is 4.92. The van der Waals surface area contributed by atoms with Crippen LogP contribution in [-0.2, 0) is 11.3 Å². The number of aryl methyl sites for hydroxylation is 1.